The molecule has 3 aromatic heterocycles. The fourth-order valence-corrected chi connectivity index (χ4v) is 5.42. The zero-order valence-electron chi connectivity index (χ0n) is 23.0. The number of likely N-dealkylation sites (N-methyl/N-ethyl adjacent to an activating group) is 1. The highest BCUT2D eigenvalue weighted by Crippen LogP contribution is 2.44. The average molecular weight is 573 g/mol. The number of anilines is 2. The number of methoxy groups -OCH3 is 1. The summed E-state index contributed by atoms with van der Waals surface area (Å²) in [5, 5.41) is 7.30. The normalized spacial score (nSPS) is 17.4. The molecule has 2 saturated carbocycles. The molecule has 0 radical (unpaired) electrons. The van der Waals surface area contributed by atoms with Gasteiger partial charge in [-0.05, 0) is 56.2 Å². The highest BCUT2D eigenvalue weighted by molar-refractivity contribution is 5.87. The van der Waals surface area contributed by atoms with Gasteiger partial charge in [-0.2, -0.15) is 18.2 Å². The number of fused-ring (bicyclic) bond motifs is 1. The maximum atomic E-state index is 13.2. The van der Waals surface area contributed by atoms with Crippen LogP contribution in [-0.2, 0) is 17.5 Å². The number of imidazole rings is 1. The van der Waals surface area contributed by atoms with Crippen molar-refractivity contribution >= 4 is 22.9 Å². The fraction of sp³-hybridized carbons (Fsp3) is 0.519. The predicted molar refractivity (Wildman–Crippen MR) is 145 cm³/mol. The standard InChI is InChI=1S/C27H31F3N8O3/c1-15(17-5-4-6-17)31-20-19-21(33-22(32-20)23-35-25(39)41-36-23)34-24(37(2)26(11-12-26)14-40-3)38(19)13-16-7-9-18(10-8-16)27(28,29)30/h7-10,15,17H,4-6,11-14H2,1-3H3,(H,31,32,33)(H,35,36,39)/t15-/m1/s1. The molecule has 2 fully saturated rings. The molecule has 0 spiro atoms. The molecule has 1 aromatic carbocycles. The summed E-state index contributed by atoms with van der Waals surface area (Å²) in [5.41, 5.74) is 0.641. The second-order valence-electron chi connectivity index (χ2n) is 11.0. The van der Waals surface area contributed by atoms with Crippen molar-refractivity contribution in [2.45, 2.75) is 63.3 Å². The van der Waals surface area contributed by atoms with Crippen molar-refractivity contribution in [1.29, 1.82) is 0 Å². The molecule has 0 bridgehead atoms. The molecule has 2 aliphatic carbocycles. The summed E-state index contributed by atoms with van der Waals surface area (Å²) in [5.74, 6) is 1.02. The van der Waals surface area contributed by atoms with E-state index in [4.69, 9.17) is 14.7 Å². The van der Waals surface area contributed by atoms with Crippen LogP contribution in [0.4, 0.5) is 24.9 Å². The molecule has 0 aliphatic heterocycles. The number of hydrogen-bond donors (Lipinski definition) is 2. The van der Waals surface area contributed by atoms with Crippen LogP contribution >= 0.6 is 0 Å². The minimum Gasteiger partial charge on any atom is -0.382 e. The van der Waals surface area contributed by atoms with Crippen molar-refractivity contribution in [3.05, 3.63) is 45.9 Å². The Hall–Kier alpha value is -3.94. The van der Waals surface area contributed by atoms with Gasteiger partial charge in [-0.3, -0.25) is 9.51 Å². The maximum absolute atomic E-state index is 13.2. The van der Waals surface area contributed by atoms with Crippen LogP contribution in [0.3, 0.4) is 0 Å². The van der Waals surface area contributed by atoms with E-state index in [1.165, 1.54) is 18.6 Å². The van der Waals surface area contributed by atoms with Gasteiger partial charge in [0.25, 0.3) is 0 Å². The molecule has 0 saturated heterocycles. The highest BCUT2D eigenvalue weighted by Gasteiger charge is 2.48. The smallest absolute Gasteiger partial charge is 0.382 e. The Kier molecular flexibility index (Phi) is 6.75. The maximum Gasteiger partial charge on any atom is 0.439 e. The second kappa shape index (κ2) is 10.2. The zero-order chi connectivity index (χ0) is 28.9. The number of nitrogens with one attached hydrogen (secondary N) is 2. The molecule has 4 aromatic rings. The van der Waals surface area contributed by atoms with Crippen molar-refractivity contribution in [2.75, 3.05) is 31.0 Å². The van der Waals surface area contributed by atoms with E-state index in [1.807, 2.05) is 11.6 Å². The first-order chi connectivity index (χ1) is 19.6. The number of alkyl halides is 3. The Morgan fingerprint density at radius 2 is 1.95 bits per heavy atom. The predicted octanol–water partition coefficient (Wildman–Crippen LogP) is 4.45. The lowest BCUT2D eigenvalue weighted by Gasteiger charge is -2.32. The first-order valence-corrected chi connectivity index (χ1v) is 13.6. The van der Waals surface area contributed by atoms with Crippen LogP contribution in [0.1, 0.15) is 50.2 Å². The summed E-state index contributed by atoms with van der Waals surface area (Å²) in [6.45, 7) is 2.82. The molecule has 2 N–H and O–H groups in total. The van der Waals surface area contributed by atoms with Gasteiger partial charge < -0.3 is 19.5 Å². The van der Waals surface area contributed by atoms with Gasteiger partial charge in [-0.1, -0.05) is 23.7 Å². The summed E-state index contributed by atoms with van der Waals surface area (Å²) in [7, 11) is 3.59. The van der Waals surface area contributed by atoms with E-state index in [1.54, 1.807) is 7.11 Å². The Bertz CT molecular complexity index is 1600. The van der Waals surface area contributed by atoms with Gasteiger partial charge in [0.15, 0.2) is 11.5 Å². The van der Waals surface area contributed by atoms with Crippen molar-refractivity contribution < 1.29 is 22.4 Å². The Morgan fingerprint density at radius 3 is 2.51 bits per heavy atom. The van der Waals surface area contributed by atoms with Crippen LogP contribution < -0.4 is 16.0 Å². The van der Waals surface area contributed by atoms with Crippen LogP contribution in [0.2, 0.25) is 0 Å². The first kappa shape index (κ1) is 27.2. The van der Waals surface area contributed by atoms with Crippen molar-refractivity contribution in [2.24, 2.45) is 5.92 Å². The van der Waals surface area contributed by atoms with Crippen molar-refractivity contribution in [1.82, 2.24) is 29.7 Å². The van der Waals surface area contributed by atoms with Gasteiger partial charge in [0, 0.05) is 20.2 Å². The van der Waals surface area contributed by atoms with E-state index in [9.17, 15) is 18.0 Å². The van der Waals surface area contributed by atoms with Gasteiger partial charge in [0.2, 0.25) is 17.6 Å². The number of halogens is 3. The Morgan fingerprint density at radius 1 is 1.22 bits per heavy atom. The van der Waals surface area contributed by atoms with Crippen molar-refractivity contribution in [3.63, 3.8) is 0 Å². The third kappa shape index (κ3) is 5.16. The zero-order valence-corrected chi connectivity index (χ0v) is 23.0. The van der Waals surface area contributed by atoms with E-state index in [0.717, 1.165) is 37.8 Å². The lowest BCUT2D eigenvalue weighted by atomic mass is 9.80. The highest BCUT2D eigenvalue weighted by atomic mass is 19.4. The number of benzene rings is 1. The summed E-state index contributed by atoms with van der Waals surface area (Å²) >= 11 is 0. The molecule has 2 aliphatic rings. The SMILES string of the molecule is COCC1(N(C)c2nc3nc(-c4noc(=O)[nH]4)nc(N[C@H](C)C4CCC4)c3n2Cc2ccc(C(F)(F)F)cc2)CC1. The molecular formula is C27H31F3N8O3. The molecule has 0 amide bonds. The van der Waals surface area contributed by atoms with E-state index in [2.05, 4.69) is 36.8 Å². The van der Waals surface area contributed by atoms with E-state index >= 15 is 0 Å². The van der Waals surface area contributed by atoms with E-state index < -0.39 is 17.5 Å². The second-order valence-corrected chi connectivity index (χ2v) is 11.0. The number of aromatic amines is 1. The Balaban J connectivity index is 1.51. The fourth-order valence-electron chi connectivity index (χ4n) is 5.42. The quantitative estimate of drug-likeness (QED) is 0.283. The average Bonchev–Trinajstić information content (AvgIpc) is 3.40. The lowest BCUT2D eigenvalue weighted by Crippen LogP contribution is -2.39. The van der Waals surface area contributed by atoms with Crippen LogP contribution in [0.25, 0.3) is 22.8 Å². The Labute approximate surface area is 233 Å². The van der Waals surface area contributed by atoms with Crippen LogP contribution in [0.5, 0.6) is 0 Å². The molecule has 1 atom stereocenters. The summed E-state index contributed by atoms with van der Waals surface area (Å²) in [4.78, 5) is 30.5. The topological polar surface area (TPSA) is 127 Å². The molecule has 6 rings (SSSR count). The molecule has 41 heavy (non-hydrogen) atoms. The lowest BCUT2D eigenvalue weighted by molar-refractivity contribution is -0.137. The summed E-state index contributed by atoms with van der Waals surface area (Å²) in [6.07, 6.45) is 0.757. The molecule has 0 unspecified atom stereocenters. The molecule has 218 valence electrons. The third-order valence-corrected chi connectivity index (χ3v) is 8.33. The van der Waals surface area contributed by atoms with Gasteiger partial charge in [-0.25, -0.2) is 14.8 Å². The van der Waals surface area contributed by atoms with Gasteiger partial charge in [0.1, 0.15) is 5.52 Å². The molecule has 14 heteroatoms. The monoisotopic (exact) mass is 572 g/mol. The first-order valence-electron chi connectivity index (χ1n) is 13.6. The summed E-state index contributed by atoms with van der Waals surface area (Å²) in [6, 6.07) is 5.20. The molecule has 3 heterocycles. The summed E-state index contributed by atoms with van der Waals surface area (Å²) < 4.78 is 51.9. The number of rotatable bonds is 10. The number of H-pyrrole nitrogens is 1. The van der Waals surface area contributed by atoms with E-state index in [0.29, 0.717) is 41.0 Å². The molecular weight excluding hydrogens is 541 g/mol. The number of ether oxygens (including phenoxy) is 1. The van der Waals surface area contributed by atoms with Gasteiger partial charge >= 0.3 is 11.9 Å². The van der Waals surface area contributed by atoms with Crippen LogP contribution in [0, 0.1) is 5.92 Å². The number of aromatic nitrogens is 6. The van der Waals surface area contributed by atoms with Crippen LogP contribution in [-0.4, -0.2) is 62.0 Å². The molecule has 11 nitrogen and oxygen atoms in total. The number of nitrogens with zero attached hydrogens (tertiary/aromatic N) is 6. The minimum absolute atomic E-state index is 0.0708. The van der Waals surface area contributed by atoms with Crippen LogP contribution in [0.15, 0.2) is 33.6 Å². The third-order valence-electron chi connectivity index (χ3n) is 8.33. The number of hydrogen-bond acceptors (Lipinski definition) is 9. The minimum atomic E-state index is -4.43. The van der Waals surface area contributed by atoms with Crippen molar-refractivity contribution in [3.8, 4) is 11.6 Å². The van der Waals surface area contributed by atoms with Gasteiger partial charge in [-0.15, -0.1) is 0 Å². The van der Waals surface area contributed by atoms with Gasteiger partial charge in [0.05, 0.1) is 24.3 Å². The van der Waals surface area contributed by atoms with E-state index in [-0.39, 0.29) is 29.8 Å². The largest absolute Gasteiger partial charge is 0.439 e.